The second kappa shape index (κ2) is 39.3. The Labute approximate surface area is 292 Å². The van der Waals surface area contributed by atoms with E-state index in [1.807, 2.05) is 12.2 Å². The lowest BCUT2D eigenvalue weighted by molar-refractivity contribution is 0.280. The third-order valence-electron chi connectivity index (χ3n) is 8.09. The van der Waals surface area contributed by atoms with Crippen LogP contribution in [-0.4, -0.2) is 22.4 Å². The number of allylic oxidation sites excluding steroid dienone is 7. The predicted molar refractivity (Wildman–Crippen MR) is 206 cm³/mol. The van der Waals surface area contributed by atoms with Gasteiger partial charge in [0.2, 0.25) is 0 Å². The zero-order valence-corrected chi connectivity index (χ0v) is 29.9. The molecule has 260 valence electrons. The largest absolute Gasteiger partial charge is 0.377 e. The molecule has 0 amide bonds. The molecule has 2 heteroatoms. The van der Waals surface area contributed by atoms with Crippen LogP contribution in [0.1, 0.15) is 173 Å². The molecule has 0 heterocycles. The quantitative estimate of drug-likeness (QED) is 0.0466. The van der Waals surface area contributed by atoms with Crippen molar-refractivity contribution in [3.05, 3.63) is 48.6 Å². The van der Waals surface area contributed by atoms with Crippen molar-refractivity contribution in [3.63, 3.8) is 0 Å². The number of aliphatic hydroxyl groups is 2. The van der Waals surface area contributed by atoms with Gasteiger partial charge in [-0.05, 0) is 102 Å². The third kappa shape index (κ3) is 39.2. The van der Waals surface area contributed by atoms with Crippen molar-refractivity contribution in [2.45, 2.75) is 186 Å². The first-order valence-corrected chi connectivity index (χ1v) is 19.1. The number of hydrogen-bond donors (Lipinski definition) is 2. The van der Waals surface area contributed by atoms with Gasteiger partial charge in [-0.3, -0.25) is 0 Å². The highest BCUT2D eigenvalue weighted by Crippen LogP contribution is 2.13. The van der Waals surface area contributed by atoms with Crippen LogP contribution in [0.3, 0.4) is 0 Å². The van der Waals surface area contributed by atoms with Crippen LogP contribution < -0.4 is 0 Å². The summed E-state index contributed by atoms with van der Waals surface area (Å²) in [6, 6.07) is 0. The van der Waals surface area contributed by atoms with E-state index in [1.54, 1.807) is 6.08 Å². The van der Waals surface area contributed by atoms with Crippen LogP contribution >= 0.6 is 0 Å². The maximum atomic E-state index is 9.91. The molecule has 0 aliphatic carbocycles. The molecule has 2 atom stereocenters. The Bertz CT molecular complexity index is 1010. The smallest absolute Gasteiger partial charge is 0.176 e. The molecule has 0 aliphatic heterocycles. The molecule has 0 rings (SSSR count). The molecule has 0 bridgehead atoms. The highest BCUT2D eigenvalue weighted by atomic mass is 16.3. The predicted octanol–water partition coefficient (Wildman–Crippen LogP) is 11.7. The molecule has 2 unspecified atom stereocenters. The van der Waals surface area contributed by atoms with E-state index >= 15 is 0 Å². The van der Waals surface area contributed by atoms with Crippen molar-refractivity contribution in [2.75, 3.05) is 0 Å². The minimum Gasteiger partial charge on any atom is -0.377 e. The molecule has 2 nitrogen and oxygen atoms in total. The Balaban J connectivity index is 3.42. The second-order valence-electron chi connectivity index (χ2n) is 12.5. The summed E-state index contributed by atoms with van der Waals surface area (Å²) in [7, 11) is 0. The van der Waals surface area contributed by atoms with E-state index in [1.165, 1.54) is 103 Å². The van der Waals surface area contributed by atoms with Gasteiger partial charge in [0.25, 0.3) is 0 Å². The van der Waals surface area contributed by atoms with Crippen LogP contribution in [-0.2, 0) is 0 Å². The number of unbranched alkanes of at least 4 members (excludes halogenated alkanes) is 23. The van der Waals surface area contributed by atoms with E-state index in [-0.39, 0.29) is 0 Å². The fourth-order valence-electron chi connectivity index (χ4n) is 5.22. The van der Waals surface area contributed by atoms with Gasteiger partial charge in [-0.1, -0.05) is 143 Å². The Morgan fingerprint density at radius 3 is 1.21 bits per heavy atom. The fourth-order valence-corrected chi connectivity index (χ4v) is 5.22. The summed E-state index contributed by atoms with van der Waals surface area (Å²) in [6.45, 7) is 0. The number of rotatable bonds is 30. The molecule has 0 radical (unpaired) electrons. The average molecular weight is 641 g/mol. The number of terminal acetylenes is 2. The van der Waals surface area contributed by atoms with Crippen LogP contribution in [0.25, 0.3) is 0 Å². The SMILES string of the molecule is C#CC=CCCCCCCCCCCCCCC=CCCCCC=CCCCCC#CC(O)C#CCCCCCCC=CC(O)C#C. The molecule has 0 fully saturated rings. The van der Waals surface area contributed by atoms with Gasteiger partial charge in [-0.25, -0.2) is 0 Å². The molecule has 0 saturated carbocycles. The van der Waals surface area contributed by atoms with Gasteiger partial charge in [-0.15, -0.1) is 12.8 Å². The minimum absolute atomic E-state index is 0.768. The molecular formula is C45H68O2. The van der Waals surface area contributed by atoms with Gasteiger partial charge in [0.15, 0.2) is 6.10 Å². The highest BCUT2D eigenvalue weighted by Gasteiger charge is 1.95. The van der Waals surface area contributed by atoms with E-state index in [4.69, 9.17) is 12.8 Å². The summed E-state index contributed by atoms with van der Waals surface area (Å²) < 4.78 is 0. The summed E-state index contributed by atoms with van der Waals surface area (Å²) in [5.74, 6) is 16.6. The molecule has 2 N–H and O–H groups in total. The normalized spacial score (nSPS) is 12.6. The van der Waals surface area contributed by atoms with Gasteiger partial charge in [0, 0.05) is 12.8 Å². The van der Waals surface area contributed by atoms with E-state index in [9.17, 15) is 10.2 Å². The minimum atomic E-state index is -0.832. The van der Waals surface area contributed by atoms with Crippen molar-refractivity contribution >= 4 is 0 Å². The molecule has 0 aromatic rings. The summed E-state index contributed by atoms with van der Waals surface area (Å²) >= 11 is 0. The first kappa shape index (κ1) is 44.1. The zero-order valence-electron chi connectivity index (χ0n) is 29.9. The molecule has 47 heavy (non-hydrogen) atoms. The Morgan fingerprint density at radius 2 is 0.766 bits per heavy atom. The zero-order chi connectivity index (χ0) is 34.1. The van der Waals surface area contributed by atoms with Crippen LogP contribution in [0.15, 0.2) is 48.6 Å². The molecular weight excluding hydrogens is 572 g/mol. The molecule has 0 aromatic heterocycles. The van der Waals surface area contributed by atoms with Gasteiger partial charge in [0.05, 0.1) is 0 Å². The molecule has 0 spiro atoms. The summed E-state index contributed by atoms with van der Waals surface area (Å²) in [6.07, 6.45) is 58.4. The fraction of sp³-hybridized carbons (Fsp3) is 0.644. The lowest BCUT2D eigenvalue weighted by Crippen LogP contribution is -1.97. The average Bonchev–Trinajstić information content (AvgIpc) is 3.08. The molecule has 0 aliphatic rings. The summed E-state index contributed by atoms with van der Waals surface area (Å²) in [5.41, 5.74) is 0. The third-order valence-corrected chi connectivity index (χ3v) is 8.09. The van der Waals surface area contributed by atoms with Gasteiger partial charge in [0.1, 0.15) is 6.10 Å². The number of hydrogen-bond acceptors (Lipinski definition) is 2. The Hall–Kier alpha value is -2.88. The van der Waals surface area contributed by atoms with E-state index in [0.29, 0.717) is 0 Å². The van der Waals surface area contributed by atoms with E-state index in [2.05, 4.69) is 65.9 Å². The molecule has 0 aromatic carbocycles. The van der Waals surface area contributed by atoms with Crippen LogP contribution in [0.4, 0.5) is 0 Å². The molecule has 0 saturated heterocycles. The number of aliphatic hydroxyl groups excluding tert-OH is 2. The maximum absolute atomic E-state index is 9.91. The Morgan fingerprint density at radius 1 is 0.426 bits per heavy atom. The van der Waals surface area contributed by atoms with E-state index < -0.39 is 12.2 Å². The second-order valence-corrected chi connectivity index (χ2v) is 12.5. The monoisotopic (exact) mass is 641 g/mol. The van der Waals surface area contributed by atoms with Gasteiger partial charge < -0.3 is 10.2 Å². The highest BCUT2D eigenvalue weighted by molar-refractivity contribution is 5.19. The summed E-state index contributed by atoms with van der Waals surface area (Å²) in [5, 5.41) is 19.1. The lowest BCUT2D eigenvalue weighted by Gasteiger charge is -2.02. The van der Waals surface area contributed by atoms with Crippen molar-refractivity contribution in [2.24, 2.45) is 0 Å². The van der Waals surface area contributed by atoms with Crippen molar-refractivity contribution in [1.82, 2.24) is 0 Å². The van der Waals surface area contributed by atoms with Crippen LogP contribution in [0, 0.1) is 48.4 Å². The summed E-state index contributed by atoms with van der Waals surface area (Å²) in [4.78, 5) is 0. The topological polar surface area (TPSA) is 40.5 Å². The lowest BCUT2D eigenvalue weighted by atomic mass is 10.0. The van der Waals surface area contributed by atoms with Crippen LogP contribution in [0.2, 0.25) is 0 Å². The standard InChI is InChI=1S/C45H68O2/c1-3-5-6-7-8-9-10-11-12-13-14-15-16-17-18-19-20-21-22-23-24-25-26-27-28-29-33-36-39-42-45(47)43-40-37-34-31-30-32-35-38-41-44(46)4-2/h1-2,5-6,20-21,26-27,38,41,44-47H,7-19,22-25,28-37H2. The van der Waals surface area contributed by atoms with Gasteiger partial charge >= 0.3 is 0 Å². The Kier molecular flexibility index (Phi) is 36.9. The van der Waals surface area contributed by atoms with Crippen LogP contribution in [0.5, 0.6) is 0 Å². The van der Waals surface area contributed by atoms with Gasteiger partial charge in [-0.2, -0.15) is 0 Å². The van der Waals surface area contributed by atoms with E-state index in [0.717, 1.165) is 70.6 Å². The van der Waals surface area contributed by atoms with Crippen molar-refractivity contribution in [1.29, 1.82) is 0 Å². The maximum Gasteiger partial charge on any atom is 0.176 e. The first-order chi connectivity index (χ1) is 23.2. The van der Waals surface area contributed by atoms with Crippen molar-refractivity contribution in [3.8, 4) is 48.4 Å². The first-order valence-electron chi connectivity index (χ1n) is 19.1. The van der Waals surface area contributed by atoms with Crippen molar-refractivity contribution < 1.29 is 10.2 Å².